The highest BCUT2D eigenvalue weighted by molar-refractivity contribution is 7.21. The molecule has 1 fully saturated rings. The number of piperidine rings is 1. The number of pyridine rings is 1. The number of fused-ring (bicyclic) bond motifs is 1. The van der Waals surface area contributed by atoms with E-state index in [2.05, 4.69) is 9.88 Å². The highest BCUT2D eigenvalue weighted by atomic mass is 32.1. The Morgan fingerprint density at radius 3 is 3.10 bits per heavy atom. The first-order chi connectivity index (χ1) is 10.1. The summed E-state index contributed by atoms with van der Waals surface area (Å²) in [5.41, 5.74) is 12.9. The fourth-order valence-electron chi connectivity index (χ4n) is 2.91. The molecule has 0 aliphatic carbocycles. The number of nitrogen functional groups attached to an aromatic ring is 1. The molecule has 1 saturated heterocycles. The largest absolute Gasteiger partial charge is 0.397 e. The van der Waals surface area contributed by atoms with Gasteiger partial charge in [-0.15, -0.1) is 11.3 Å². The van der Waals surface area contributed by atoms with Crippen molar-refractivity contribution in [2.24, 2.45) is 11.7 Å². The summed E-state index contributed by atoms with van der Waals surface area (Å²) in [7, 11) is 0. The zero-order valence-electron chi connectivity index (χ0n) is 11.6. The number of hydrogen-bond donors (Lipinski definition) is 3. The van der Waals surface area contributed by atoms with E-state index >= 15 is 0 Å². The standard InChI is InChI=1S/C14H18N4O2S/c15-11-10-9(18-5-1-2-8(6-18)7-19)3-4-17-14(10)21-12(11)13(16)20/h3-4,8,19H,1-2,5-7,15H2,(H2,16,20). The quantitative estimate of drug-likeness (QED) is 0.790. The van der Waals surface area contributed by atoms with Crippen LogP contribution in [0.1, 0.15) is 22.5 Å². The Balaban J connectivity index is 2.08. The Labute approximate surface area is 126 Å². The predicted octanol–water partition coefficient (Wildman–Crippen LogP) is 1.19. The first-order valence-electron chi connectivity index (χ1n) is 6.94. The van der Waals surface area contributed by atoms with E-state index in [1.54, 1.807) is 6.20 Å². The lowest BCUT2D eigenvalue weighted by atomic mass is 9.98. The maximum Gasteiger partial charge on any atom is 0.260 e. The molecule has 3 rings (SSSR count). The van der Waals surface area contributed by atoms with Crippen molar-refractivity contribution >= 4 is 38.8 Å². The molecule has 7 heteroatoms. The number of anilines is 2. The first-order valence-corrected chi connectivity index (χ1v) is 7.76. The molecule has 0 saturated carbocycles. The second-order valence-corrected chi connectivity index (χ2v) is 6.36. The number of carbonyl (C=O) groups is 1. The monoisotopic (exact) mass is 306 g/mol. The van der Waals surface area contributed by atoms with Crippen molar-refractivity contribution in [3.8, 4) is 0 Å². The lowest BCUT2D eigenvalue weighted by Crippen LogP contribution is -2.36. The van der Waals surface area contributed by atoms with Crippen LogP contribution in [-0.2, 0) is 0 Å². The average molecular weight is 306 g/mol. The minimum absolute atomic E-state index is 0.191. The fraction of sp³-hybridized carbons (Fsp3) is 0.429. The smallest absolute Gasteiger partial charge is 0.260 e. The van der Waals surface area contributed by atoms with Gasteiger partial charge in [0.25, 0.3) is 5.91 Å². The van der Waals surface area contributed by atoms with Gasteiger partial charge in [-0.05, 0) is 24.8 Å². The SMILES string of the molecule is NC(=O)c1sc2nccc(N3CCCC(CO)C3)c2c1N. The van der Waals surface area contributed by atoms with Gasteiger partial charge in [0, 0.05) is 25.9 Å². The van der Waals surface area contributed by atoms with E-state index in [0.717, 1.165) is 41.8 Å². The summed E-state index contributed by atoms with van der Waals surface area (Å²) in [5, 5.41) is 10.2. The minimum Gasteiger partial charge on any atom is -0.397 e. The molecule has 112 valence electrons. The Morgan fingerprint density at radius 1 is 1.57 bits per heavy atom. The van der Waals surface area contributed by atoms with Crippen LogP contribution in [0.5, 0.6) is 0 Å². The second kappa shape index (κ2) is 5.50. The molecule has 0 spiro atoms. The number of aliphatic hydroxyl groups is 1. The molecule has 5 N–H and O–H groups in total. The molecule has 2 aromatic rings. The lowest BCUT2D eigenvalue weighted by molar-refractivity contribution is 0.100. The van der Waals surface area contributed by atoms with E-state index in [9.17, 15) is 9.90 Å². The maximum absolute atomic E-state index is 11.5. The number of aliphatic hydroxyl groups excluding tert-OH is 1. The Morgan fingerprint density at radius 2 is 2.38 bits per heavy atom. The molecule has 1 unspecified atom stereocenters. The number of rotatable bonds is 3. The zero-order chi connectivity index (χ0) is 15.0. The van der Waals surface area contributed by atoms with Crippen molar-refractivity contribution in [3.63, 3.8) is 0 Å². The molecule has 1 amide bonds. The molecule has 2 aromatic heterocycles. The van der Waals surface area contributed by atoms with Gasteiger partial charge in [-0.25, -0.2) is 4.98 Å². The number of primary amides is 1. The van der Waals surface area contributed by atoms with Crippen molar-refractivity contribution in [1.29, 1.82) is 0 Å². The molecule has 0 bridgehead atoms. The third-order valence-electron chi connectivity index (χ3n) is 3.95. The van der Waals surface area contributed by atoms with Crippen LogP contribution in [0, 0.1) is 5.92 Å². The van der Waals surface area contributed by atoms with E-state index in [0.29, 0.717) is 10.6 Å². The van der Waals surface area contributed by atoms with Gasteiger partial charge in [-0.3, -0.25) is 4.79 Å². The number of carbonyl (C=O) groups excluding carboxylic acids is 1. The number of aromatic nitrogens is 1. The summed E-state index contributed by atoms with van der Waals surface area (Å²) in [4.78, 5) is 19.0. The minimum atomic E-state index is -0.520. The van der Waals surface area contributed by atoms with Gasteiger partial charge in [-0.1, -0.05) is 0 Å². The fourth-order valence-corrected chi connectivity index (χ4v) is 3.84. The molecule has 0 radical (unpaired) electrons. The summed E-state index contributed by atoms with van der Waals surface area (Å²) in [5.74, 6) is -0.245. The van der Waals surface area contributed by atoms with Crippen LogP contribution >= 0.6 is 11.3 Å². The molecular weight excluding hydrogens is 288 g/mol. The van der Waals surface area contributed by atoms with Crippen LogP contribution in [0.2, 0.25) is 0 Å². The third kappa shape index (κ3) is 2.43. The van der Waals surface area contributed by atoms with Gasteiger partial charge < -0.3 is 21.5 Å². The Kier molecular flexibility index (Phi) is 3.69. The molecule has 21 heavy (non-hydrogen) atoms. The predicted molar refractivity (Wildman–Crippen MR) is 84.6 cm³/mol. The maximum atomic E-state index is 11.5. The van der Waals surface area contributed by atoms with Crippen molar-refractivity contribution in [2.75, 3.05) is 30.3 Å². The van der Waals surface area contributed by atoms with Crippen molar-refractivity contribution in [1.82, 2.24) is 4.98 Å². The van der Waals surface area contributed by atoms with E-state index < -0.39 is 5.91 Å². The molecule has 3 heterocycles. The summed E-state index contributed by atoms with van der Waals surface area (Å²) >= 11 is 1.23. The highest BCUT2D eigenvalue weighted by Crippen LogP contribution is 2.39. The number of hydrogen-bond acceptors (Lipinski definition) is 6. The van der Waals surface area contributed by atoms with Gasteiger partial charge >= 0.3 is 0 Å². The van der Waals surface area contributed by atoms with Crippen molar-refractivity contribution < 1.29 is 9.90 Å². The van der Waals surface area contributed by atoms with Gasteiger partial charge in [0.05, 0.1) is 16.8 Å². The van der Waals surface area contributed by atoms with E-state index in [-0.39, 0.29) is 12.5 Å². The normalized spacial score (nSPS) is 19.1. The molecule has 1 aliphatic heterocycles. The molecule has 1 atom stereocenters. The van der Waals surface area contributed by atoms with Crippen LogP contribution in [0.25, 0.3) is 10.2 Å². The second-order valence-electron chi connectivity index (χ2n) is 5.36. The van der Waals surface area contributed by atoms with E-state index in [1.165, 1.54) is 11.3 Å². The molecule has 1 aliphatic rings. The summed E-state index contributed by atoms with van der Waals surface area (Å²) in [6.45, 7) is 1.89. The van der Waals surface area contributed by atoms with E-state index in [1.807, 2.05) is 6.07 Å². The van der Waals surface area contributed by atoms with Crippen LogP contribution in [0.15, 0.2) is 12.3 Å². The zero-order valence-corrected chi connectivity index (χ0v) is 12.4. The van der Waals surface area contributed by atoms with Gasteiger partial charge in [0.15, 0.2) is 0 Å². The number of nitrogens with zero attached hydrogens (tertiary/aromatic N) is 2. The summed E-state index contributed by atoms with van der Waals surface area (Å²) in [6.07, 6.45) is 3.79. The number of thiophene rings is 1. The number of nitrogens with two attached hydrogens (primary N) is 2. The van der Waals surface area contributed by atoms with Crippen LogP contribution in [-0.4, -0.2) is 35.7 Å². The van der Waals surface area contributed by atoms with Crippen molar-refractivity contribution in [3.05, 3.63) is 17.1 Å². The average Bonchev–Trinajstić information content (AvgIpc) is 2.85. The summed E-state index contributed by atoms with van der Waals surface area (Å²) in [6, 6.07) is 1.91. The van der Waals surface area contributed by atoms with Crippen LogP contribution in [0.4, 0.5) is 11.4 Å². The van der Waals surface area contributed by atoms with Gasteiger partial charge in [0.1, 0.15) is 9.71 Å². The van der Waals surface area contributed by atoms with Crippen molar-refractivity contribution in [2.45, 2.75) is 12.8 Å². The Bertz CT molecular complexity index is 685. The Hall–Kier alpha value is -1.86. The van der Waals surface area contributed by atoms with Crippen LogP contribution in [0.3, 0.4) is 0 Å². The van der Waals surface area contributed by atoms with Gasteiger partial charge in [-0.2, -0.15) is 0 Å². The number of amides is 1. The topological polar surface area (TPSA) is 105 Å². The third-order valence-corrected chi connectivity index (χ3v) is 5.08. The molecule has 6 nitrogen and oxygen atoms in total. The lowest BCUT2D eigenvalue weighted by Gasteiger charge is -2.34. The van der Waals surface area contributed by atoms with E-state index in [4.69, 9.17) is 11.5 Å². The highest BCUT2D eigenvalue weighted by Gasteiger charge is 2.24. The van der Waals surface area contributed by atoms with Gasteiger partial charge in [0.2, 0.25) is 0 Å². The molecule has 0 aromatic carbocycles. The molecular formula is C14H18N4O2S. The van der Waals surface area contributed by atoms with Crippen LogP contribution < -0.4 is 16.4 Å². The first kappa shape index (κ1) is 14.1. The summed E-state index contributed by atoms with van der Waals surface area (Å²) < 4.78 is 0.